The lowest BCUT2D eigenvalue weighted by atomic mass is 9.89. The third-order valence-corrected chi connectivity index (χ3v) is 5.04. The van der Waals surface area contributed by atoms with Gasteiger partial charge in [-0.1, -0.05) is 24.3 Å². The number of likely N-dealkylation sites (tertiary alicyclic amines) is 1. The molecule has 0 unspecified atom stereocenters. The summed E-state index contributed by atoms with van der Waals surface area (Å²) in [7, 11) is 0. The predicted octanol–water partition coefficient (Wildman–Crippen LogP) is 4.17. The summed E-state index contributed by atoms with van der Waals surface area (Å²) in [6.45, 7) is 2.22. The average Bonchev–Trinajstić information content (AvgIpc) is 2.72. The molecule has 0 spiro atoms. The smallest absolute Gasteiger partial charge is 0.416 e. The average molecular weight is 407 g/mol. The van der Waals surface area contributed by atoms with Crippen LogP contribution >= 0.6 is 0 Å². The summed E-state index contributed by atoms with van der Waals surface area (Å²) in [5.41, 5.74) is 0.394. The minimum Gasteiger partial charge on any atom is -0.491 e. The van der Waals surface area contributed by atoms with Crippen LogP contribution in [0.3, 0.4) is 0 Å². The predicted molar refractivity (Wildman–Crippen MR) is 103 cm³/mol. The normalized spacial score (nSPS) is 17.9. The molecule has 156 valence electrons. The minimum atomic E-state index is -4.46. The molecule has 1 heterocycles. The SMILES string of the molecule is O=C(c1cccc(C(F)(F)F)c1)[C@H]1CCCN(Cc2ccc(OCCO)cc2)C1. The van der Waals surface area contributed by atoms with Crippen molar-refractivity contribution < 1.29 is 27.8 Å². The van der Waals surface area contributed by atoms with Gasteiger partial charge in [0.2, 0.25) is 0 Å². The van der Waals surface area contributed by atoms with Crippen molar-refractivity contribution in [2.45, 2.75) is 25.6 Å². The van der Waals surface area contributed by atoms with Crippen LogP contribution in [0.2, 0.25) is 0 Å². The number of carbonyl (C=O) groups excluding carboxylic acids is 1. The van der Waals surface area contributed by atoms with Gasteiger partial charge in [0.25, 0.3) is 0 Å². The lowest BCUT2D eigenvalue weighted by Gasteiger charge is -2.32. The fourth-order valence-electron chi connectivity index (χ4n) is 3.61. The van der Waals surface area contributed by atoms with Crippen molar-refractivity contribution in [1.82, 2.24) is 4.90 Å². The number of halogens is 3. The summed E-state index contributed by atoms with van der Waals surface area (Å²) in [6.07, 6.45) is -2.95. The number of benzene rings is 2. The molecule has 1 aliphatic rings. The largest absolute Gasteiger partial charge is 0.491 e. The maximum Gasteiger partial charge on any atom is 0.416 e. The number of Topliss-reactive ketones (excluding diaryl/α,β-unsaturated/α-hetero) is 1. The highest BCUT2D eigenvalue weighted by atomic mass is 19.4. The Morgan fingerprint density at radius 2 is 1.93 bits per heavy atom. The summed E-state index contributed by atoms with van der Waals surface area (Å²) in [5, 5.41) is 8.79. The van der Waals surface area contributed by atoms with E-state index in [2.05, 4.69) is 4.90 Å². The van der Waals surface area contributed by atoms with Crippen LogP contribution in [-0.2, 0) is 12.7 Å². The third-order valence-electron chi connectivity index (χ3n) is 5.04. The number of ketones is 1. The Morgan fingerprint density at radius 3 is 2.62 bits per heavy atom. The molecule has 2 aromatic rings. The van der Waals surface area contributed by atoms with Crippen molar-refractivity contribution >= 4 is 5.78 Å². The molecule has 29 heavy (non-hydrogen) atoms. The van der Waals surface area contributed by atoms with Crippen LogP contribution in [0.25, 0.3) is 0 Å². The number of alkyl halides is 3. The van der Waals surface area contributed by atoms with Gasteiger partial charge in [0.1, 0.15) is 12.4 Å². The maximum absolute atomic E-state index is 12.9. The van der Waals surface area contributed by atoms with E-state index in [-0.39, 0.29) is 30.5 Å². The number of hydrogen-bond donors (Lipinski definition) is 1. The second-order valence-electron chi connectivity index (χ2n) is 7.23. The van der Waals surface area contributed by atoms with Gasteiger partial charge in [-0.3, -0.25) is 9.69 Å². The molecule has 0 radical (unpaired) electrons. The Morgan fingerprint density at radius 1 is 1.17 bits per heavy atom. The maximum atomic E-state index is 12.9. The van der Waals surface area contributed by atoms with E-state index in [1.165, 1.54) is 12.1 Å². The van der Waals surface area contributed by atoms with Crippen LogP contribution in [0.5, 0.6) is 5.75 Å². The van der Waals surface area contributed by atoms with Crippen molar-refractivity contribution in [3.63, 3.8) is 0 Å². The van der Waals surface area contributed by atoms with E-state index in [4.69, 9.17) is 9.84 Å². The summed E-state index contributed by atoms with van der Waals surface area (Å²) in [5.74, 6) is 0.145. The first-order valence-electron chi connectivity index (χ1n) is 9.63. The molecule has 1 saturated heterocycles. The van der Waals surface area contributed by atoms with Gasteiger partial charge in [-0.25, -0.2) is 0 Å². The van der Waals surface area contributed by atoms with E-state index in [0.29, 0.717) is 25.3 Å². The first kappa shape index (κ1) is 21.3. The van der Waals surface area contributed by atoms with E-state index in [0.717, 1.165) is 30.7 Å². The zero-order valence-electron chi connectivity index (χ0n) is 16.0. The van der Waals surface area contributed by atoms with Crippen LogP contribution in [0, 0.1) is 5.92 Å². The van der Waals surface area contributed by atoms with Crippen LogP contribution in [-0.4, -0.2) is 42.1 Å². The molecule has 0 amide bonds. The van der Waals surface area contributed by atoms with Gasteiger partial charge in [-0.2, -0.15) is 13.2 Å². The Labute approximate surface area is 167 Å². The van der Waals surface area contributed by atoms with Crippen LogP contribution in [0.4, 0.5) is 13.2 Å². The molecule has 3 rings (SSSR count). The number of aliphatic hydroxyl groups excluding tert-OH is 1. The third kappa shape index (κ3) is 5.81. The lowest BCUT2D eigenvalue weighted by Crippen LogP contribution is -2.38. The highest BCUT2D eigenvalue weighted by molar-refractivity contribution is 5.98. The topological polar surface area (TPSA) is 49.8 Å². The highest BCUT2D eigenvalue weighted by Crippen LogP contribution is 2.31. The van der Waals surface area contributed by atoms with Gasteiger partial charge in [0.15, 0.2) is 5.78 Å². The van der Waals surface area contributed by atoms with Crippen molar-refractivity contribution in [3.8, 4) is 5.75 Å². The van der Waals surface area contributed by atoms with Crippen molar-refractivity contribution in [3.05, 3.63) is 65.2 Å². The van der Waals surface area contributed by atoms with Gasteiger partial charge in [-0.15, -0.1) is 0 Å². The molecular weight excluding hydrogens is 383 g/mol. The standard InChI is InChI=1S/C22H24F3NO3/c23-22(24,25)19-5-1-3-17(13-19)21(28)18-4-2-10-26(15-18)14-16-6-8-20(9-7-16)29-12-11-27/h1,3,5-9,13,18,27H,2,4,10-12,14-15H2/t18-/m0/s1. The van der Waals surface area contributed by atoms with Gasteiger partial charge in [0, 0.05) is 24.6 Å². The molecule has 2 aromatic carbocycles. The number of hydrogen-bond acceptors (Lipinski definition) is 4. The first-order valence-corrected chi connectivity index (χ1v) is 9.63. The molecule has 0 saturated carbocycles. The zero-order chi connectivity index (χ0) is 20.9. The highest BCUT2D eigenvalue weighted by Gasteiger charge is 2.32. The molecule has 4 nitrogen and oxygen atoms in total. The number of carbonyl (C=O) groups is 1. The molecule has 7 heteroatoms. The summed E-state index contributed by atoms with van der Waals surface area (Å²) < 4.78 is 44.1. The number of rotatable bonds is 7. The van der Waals surface area contributed by atoms with E-state index in [9.17, 15) is 18.0 Å². The first-order chi connectivity index (χ1) is 13.9. The zero-order valence-corrected chi connectivity index (χ0v) is 16.0. The van der Waals surface area contributed by atoms with E-state index in [1.54, 1.807) is 0 Å². The molecule has 1 fully saturated rings. The number of piperidine rings is 1. The van der Waals surface area contributed by atoms with E-state index >= 15 is 0 Å². The van der Waals surface area contributed by atoms with E-state index < -0.39 is 11.7 Å². The summed E-state index contributed by atoms with van der Waals surface area (Å²) in [4.78, 5) is 14.9. The van der Waals surface area contributed by atoms with Gasteiger partial charge in [-0.05, 0) is 49.2 Å². The minimum absolute atomic E-state index is 0.0448. The molecule has 0 bridgehead atoms. The van der Waals surface area contributed by atoms with Crippen molar-refractivity contribution in [2.75, 3.05) is 26.3 Å². The number of aliphatic hydroxyl groups is 1. The van der Waals surface area contributed by atoms with Crippen molar-refractivity contribution in [1.29, 1.82) is 0 Å². The molecule has 1 N–H and O–H groups in total. The Hall–Kier alpha value is -2.38. The number of ether oxygens (including phenoxy) is 1. The summed E-state index contributed by atoms with van der Waals surface area (Å²) in [6, 6.07) is 12.2. The van der Waals surface area contributed by atoms with Gasteiger partial charge < -0.3 is 9.84 Å². The fraction of sp³-hybridized carbons (Fsp3) is 0.409. The molecule has 0 aromatic heterocycles. The van der Waals surface area contributed by atoms with Crippen LogP contribution in [0.15, 0.2) is 48.5 Å². The van der Waals surface area contributed by atoms with Crippen LogP contribution < -0.4 is 4.74 Å². The fourth-order valence-corrected chi connectivity index (χ4v) is 3.61. The molecular formula is C22H24F3NO3. The monoisotopic (exact) mass is 407 g/mol. The Bertz CT molecular complexity index is 821. The van der Waals surface area contributed by atoms with E-state index in [1.807, 2.05) is 24.3 Å². The Balaban J connectivity index is 1.62. The second kappa shape index (κ2) is 9.41. The quantitative estimate of drug-likeness (QED) is 0.700. The lowest BCUT2D eigenvalue weighted by molar-refractivity contribution is -0.137. The molecule has 0 aliphatic carbocycles. The second-order valence-corrected chi connectivity index (χ2v) is 7.23. The summed E-state index contributed by atoms with van der Waals surface area (Å²) >= 11 is 0. The number of nitrogens with zero attached hydrogens (tertiary/aromatic N) is 1. The van der Waals surface area contributed by atoms with Crippen LogP contribution in [0.1, 0.15) is 34.3 Å². The van der Waals surface area contributed by atoms with Gasteiger partial charge >= 0.3 is 6.18 Å². The molecule has 1 atom stereocenters. The van der Waals surface area contributed by atoms with Crippen molar-refractivity contribution in [2.24, 2.45) is 5.92 Å². The molecule has 1 aliphatic heterocycles. The van der Waals surface area contributed by atoms with Gasteiger partial charge in [0.05, 0.1) is 12.2 Å². The Kier molecular flexibility index (Phi) is 6.92.